The van der Waals surface area contributed by atoms with E-state index in [0.717, 1.165) is 0 Å². The number of hydrogen-bond acceptors (Lipinski definition) is 10. The fraction of sp³-hybridized carbons (Fsp3) is 0.571. The molecule has 0 aromatic rings. The SMILES string of the molecule is NC(=O)C[C@@H]1NC(=O)CS(=O)C[C@@H](C(=O)O)NC(=O)[C@H](CC(=O)O)NC(=O)CNC(=O)[C@H](CCCN=C(N)N)NC1=O. The van der Waals surface area contributed by atoms with Crippen LogP contribution in [0.2, 0.25) is 0 Å². The highest BCUT2D eigenvalue weighted by atomic mass is 32.2. The highest BCUT2D eigenvalue weighted by Crippen LogP contribution is 2.03. The normalized spacial score (nSPS) is 24.8. The van der Waals surface area contributed by atoms with Crippen molar-refractivity contribution < 1.29 is 52.8 Å². The Morgan fingerprint density at radius 1 is 0.833 bits per heavy atom. The summed E-state index contributed by atoms with van der Waals surface area (Å²) in [6.45, 7) is -0.768. The molecule has 1 saturated heterocycles. The average Bonchev–Trinajstić information content (AvgIpc) is 2.86. The number of carboxylic acids is 2. The van der Waals surface area contributed by atoms with Gasteiger partial charge in [-0.2, -0.15) is 0 Å². The number of aliphatic imine (C=N–C) groups is 1. The van der Waals surface area contributed by atoms with E-state index in [2.05, 4.69) is 26.3 Å². The lowest BCUT2D eigenvalue weighted by atomic mass is 10.1. The first kappa shape index (κ1) is 35.2. The molecule has 1 aliphatic rings. The van der Waals surface area contributed by atoms with Crippen LogP contribution < -0.4 is 43.8 Å². The van der Waals surface area contributed by atoms with Crippen molar-refractivity contribution in [2.75, 3.05) is 24.6 Å². The van der Waals surface area contributed by atoms with Crippen LogP contribution >= 0.6 is 0 Å². The van der Waals surface area contributed by atoms with Gasteiger partial charge in [0.25, 0.3) is 0 Å². The average molecular weight is 620 g/mol. The van der Waals surface area contributed by atoms with E-state index in [0.29, 0.717) is 0 Å². The predicted molar refractivity (Wildman–Crippen MR) is 142 cm³/mol. The molecule has 234 valence electrons. The molecule has 0 aromatic heterocycles. The maximum atomic E-state index is 12.9. The van der Waals surface area contributed by atoms with Gasteiger partial charge in [-0.15, -0.1) is 0 Å². The second-order valence-electron chi connectivity index (χ2n) is 8.89. The largest absolute Gasteiger partial charge is 0.481 e. The van der Waals surface area contributed by atoms with Crippen molar-refractivity contribution in [3.63, 3.8) is 0 Å². The molecule has 42 heavy (non-hydrogen) atoms. The molecule has 0 saturated carbocycles. The van der Waals surface area contributed by atoms with Gasteiger partial charge in [-0.3, -0.25) is 42.8 Å². The van der Waals surface area contributed by atoms with Crippen LogP contribution in [0.3, 0.4) is 0 Å². The van der Waals surface area contributed by atoms with Gasteiger partial charge in [-0.25, -0.2) is 4.79 Å². The number of aliphatic carboxylic acids is 2. The first-order valence-corrected chi connectivity index (χ1v) is 13.7. The summed E-state index contributed by atoms with van der Waals surface area (Å²) in [6.07, 6.45) is -1.67. The molecule has 20 nitrogen and oxygen atoms in total. The fourth-order valence-corrected chi connectivity index (χ4v) is 4.54. The lowest BCUT2D eigenvalue weighted by Crippen LogP contribution is -2.57. The maximum Gasteiger partial charge on any atom is 0.327 e. The minimum atomic E-state index is -2.27. The molecule has 1 rings (SSSR count). The van der Waals surface area contributed by atoms with Crippen molar-refractivity contribution in [1.82, 2.24) is 26.6 Å². The number of carboxylic acid groups (broad SMARTS) is 2. The summed E-state index contributed by atoms with van der Waals surface area (Å²) in [4.78, 5) is 102. The van der Waals surface area contributed by atoms with Crippen LogP contribution in [0, 0.1) is 0 Å². The van der Waals surface area contributed by atoms with Gasteiger partial charge in [-0.1, -0.05) is 0 Å². The molecule has 1 fully saturated rings. The topological polar surface area (TPSA) is 345 Å². The molecule has 6 amide bonds. The third-order valence-corrected chi connectivity index (χ3v) is 6.64. The number of nitrogens with zero attached hydrogens (tertiary/aromatic N) is 1. The first-order valence-electron chi connectivity index (χ1n) is 12.2. The number of amides is 6. The quantitative estimate of drug-likeness (QED) is 0.0652. The van der Waals surface area contributed by atoms with E-state index >= 15 is 0 Å². The Bertz CT molecular complexity index is 1140. The van der Waals surface area contributed by atoms with Crippen molar-refractivity contribution in [3.05, 3.63) is 0 Å². The lowest BCUT2D eigenvalue weighted by Gasteiger charge is -2.24. The van der Waals surface area contributed by atoms with Crippen LogP contribution in [0.25, 0.3) is 0 Å². The molecular formula is C21H33N9O11S. The molecule has 0 aliphatic carbocycles. The summed E-state index contributed by atoms with van der Waals surface area (Å²) in [5.74, 6) is -11.5. The molecule has 1 unspecified atom stereocenters. The van der Waals surface area contributed by atoms with Crippen LogP contribution in [0.4, 0.5) is 0 Å². The van der Waals surface area contributed by atoms with E-state index in [1.165, 1.54) is 0 Å². The number of primary amides is 1. The Balaban J connectivity index is 3.35. The van der Waals surface area contributed by atoms with Crippen LogP contribution in [0.1, 0.15) is 25.7 Å². The smallest absolute Gasteiger partial charge is 0.327 e. The molecular weight excluding hydrogens is 586 g/mol. The van der Waals surface area contributed by atoms with E-state index in [-0.39, 0.29) is 25.3 Å². The number of nitrogens with two attached hydrogens (primary N) is 3. The molecule has 0 spiro atoms. The zero-order chi connectivity index (χ0) is 32.0. The van der Waals surface area contributed by atoms with E-state index < -0.39 is 113 Å². The zero-order valence-corrected chi connectivity index (χ0v) is 22.9. The van der Waals surface area contributed by atoms with Crippen molar-refractivity contribution >= 4 is 64.1 Å². The number of hydrogen-bond donors (Lipinski definition) is 10. The minimum absolute atomic E-state index is 0.0407. The van der Waals surface area contributed by atoms with Gasteiger partial charge < -0.3 is 54.0 Å². The second kappa shape index (κ2) is 17.1. The predicted octanol–water partition coefficient (Wildman–Crippen LogP) is -6.71. The van der Waals surface area contributed by atoms with Gasteiger partial charge in [0.05, 0.1) is 25.1 Å². The van der Waals surface area contributed by atoms with E-state index in [9.17, 15) is 47.7 Å². The molecule has 0 aromatic carbocycles. The fourth-order valence-electron chi connectivity index (χ4n) is 3.45. The molecule has 0 radical (unpaired) electrons. The molecule has 21 heteroatoms. The Morgan fingerprint density at radius 2 is 1.43 bits per heavy atom. The number of rotatable bonds is 9. The van der Waals surface area contributed by atoms with Gasteiger partial charge in [0.2, 0.25) is 35.4 Å². The van der Waals surface area contributed by atoms with Crippen LogP contribution in [0.15, 0.2) is 4.99 Å². The number of nitrogens with one attached hydrogen (secondary N) is 5. The molecule has 1 heterocycles. The standard InChI is InChI=1S/C21H33N9O11S/c22-13(31)4-10-18(37)29-9(2-1-3-25-21(23)24)17(36)26-6-14(32)27-11(5-16(34)35)19(38)30-12(20(39)40)7-42(41)8-15(33)28-10/h9-12H,1-8H2,(H2,22,31)(H,26,36)(H,27,32)(H,28,33)(H,29,37)(H,30,38)(H,34,35)(H,39,40)(H4,23,24,25)/t9-,10-,11-,12-,42?/m0/s1. The van der Waals surface area contributed by atoms with E-state index in [4.69, 9.17) is 22.3 Å². The second-order valence-corrected chi connectivity index (χ2v) is 10.4. The highest BCUT2D eigenvalue weighted by molar-refractivity contribution is 7.85. The number of carbonyl (C=O) groups excluding carboxylic acids is 6. The molecule has 5 atom stereocenters. The summed E-state index contributed by atoms with van der Waals surface area (Å²) >= 11 is 0. The Kier molecular flexibility index (Phi) is 14.3. The molecule has 1 aliphatic heterocycles. The molecule has 13 N–H and O–H groups in total. The van der Waals surface area contributed by atoms with Gasteiger partial charge in [-0.05, 0) is 12.8 Å². The minimum Gasteiger partial charge on any atom is -0.481 e. The number of guanidine groups is 1. The van der Waals surface area contributed by atoms with Crippen LogP contribution in [-0.2, 0) is 49.2 Å². The van der Waals surface area contributed by atoms with Crippen LogP contribution in [0.5, 0.6) is 0 Å². The Labute approximate surface area is 240 Å². The maximum absolute atomic E-state index is 12.9. The summed E-state index contributed by atoms with van der Waals surface area (Å²) < 4.78 is 12.5. The molecule has 0 bridgehead atoms. The number of carbonyl (C=O) groups is 8. The van der Waals surface area contributed by atoms with E-state index in [1.807, 2.05) is 5.32 Å². The van der Waals surface area contributed by atoms with Crippen molar-refractivity contribution in [3.8, 4) is 0 Å². The van der Waals surface area contributed by atoms with Gasteiger partial charge in [0, 0.05) is 17.3 Å². The third-order valence-electron chi connectivity index (χ3n) is 5.35. The van der Waals surface area contributed by atoms with E-state index in [1.54, 1.807) is 0 Å². The van der Waals surface area contributed by atoms with Crippen molar-refractivity contribution in [2.45, 2.75) is 49.9 Å². The lowest BCUT2D eigenvalue weighted by molar-refractivity contribution is -0.143. The van der Waals surface area contributed by atoms with Gasteiger partial charge in [0.15, 0.2) is 5.96 Å². The summed E-state index contributed by atoms with van der Waals surface area (Å²) in [7, 11) is -2.27. The highest BCUT2D eigenvalue weighted by Gasteiger charge is 2.32. The summed E-state index contributed by atoms with van der Waals surface area (Å²) in [5, 5.41) is 29.2. The first-order chi connectivity index (χ1) is 19.6. The van der Waals surface area contributed by atoms with Crippen molar-refractivity contribution in [1.29, 1.82) is 0 Å². The monoisotopic (exact) mass is 619 g/mol. The van der Waals surface area contributed by atoms with Gasteiger partial charge >= 0.3 is 11.9 Å². The van der Waals surface area contributed by atoms with Crippen LogP contribution in [-0.4, -0.2) is 117 Å². The Morgan fingerprint density at radius 3 is 2.00 bits per heavy atom. The summed E-state index contributed by atoms with van der Waals surface area (Å²) in [6, 6.07) is -6.67. The summed E-state index contributed by atoms with van der Waals surface area (Å²) in [5.41, 5.74) is 15.7. The Hall–Kier alpha value is -4.82. The zero-order valence-electron chi connectivity index (χ0n) is 22.1. The third kappa shape index (κ3) is 13.5. The van der Waals surface area contributed by atoms with Gasteiger partial charge in [0.1, 0.15) is 29.9 Å². The van der Waals surface area contributed by atoms with Crippen molar-refractivity contribution in [2.24, 2.45) is 22.2 Å².